The summed E-state index contributed by atoms with van der Waals surface area (Å²) in [6.45, 7) is 2.92. The van der Waals surface area contributed by atoms with Crippen molar-refractivity contribution in [3.63, 3.8) is 0 Å². The van der Waals surface area contributed by atoms with Gasteiger partial charge >= 0.3 is 0 Å². The van der Waals surface area contributed by atoms with Crippen molar-refractivity contribution < 1.29 is 14.1 Å². The van der Waals surface area contributed by atoms with Gasteiger partial charge in [0.1, 0.15) is 6.10 Å². The molecule has 0 unspecified atom stereocenters. The average Bonchev–Trinajstić information content (AvgIpc) is 3.38. The van der Waals surface area contributed by atoms with Gasteiger partial charge in [0.2, 0.25) is 0 Å². The quantitative estimate of drug-likeness (QED) is 0.725. The van der Waals surface area contributed by atoms with Gasteiger partial charge in [0.05, 0.1) is 17.1 Å². The lowest BCUT2D eigenvalue weighted by Crippen LogP contribution is -2.23. The summed E-state index contributed by atoms with van der Waals surface area (Å²) in [6, 6.07) is 5.76. The number of nitrogens with one attached hydrogen (secondary N) is 2. The van der Waals surface area contributed by atoms with Gasteiger partial charge in [-0.2, -0.15) is 10.1 Å². The Morgan fingerprint density at radius 1 is 1.48 bits per heavy atom. The number of hydrogen-bond donors (Lipinski definition) is 2. The average molecular weight is 359 g/mol. The Kier molecular flexibility index (Phi) is 4.33. The molecular formula is C16H17N5O3S. The highest BCUT2D eigenvalue weighted by atomic mass is 32.1. The minimum atomic E-state index is -0.292. The number of rotatable bonds is 5. The number of carbonyl (C=O) groups excluding carboxylic acids is 1. The second-order valence-corrected chi connectivity index (χ2v) is 7.10. The third-order valence-electron chi connectivity index (χ3n) is 3.91. The van der Waals surface area contributed by atoms with Crippen LogP contribution in [0.5, 0.6) is 0 Å². The fourth-order valence-electron chi connectivity index (χ4n) is 2.64. The second-order valence-electron chi connectivity index (χ2n) is 5.81. The van der Waals surface area contributed by atoms with E-state index >= 15 is 0 Å². The number of thiophene rings is 1. The van der Waals surface area contributed by atoms with Crippen molar-refractivity contribution in [2.45, 2.75) is 32.4 Å². The van der Waals surface area contributed by atoms with Gasteiger partial charge in [0.25, 0.3) is 11.8 Å². The van der Waals surface area contributed by atoms with Crippen molar-refractivity contribution in [1.82, 2.24) is 25.7 Å². The van der Waals surface area contributed by atoms with E-state index in [9.17, 15) is 4.79 Å². The number of aryl methyl sites for hydroxylation is 1. The van der Waals surface area contributed by atoms with Crippen LogP contribution in [0.1, 0.15) is 46.0 Å². The van der Waals surface area contributed by atoms with Crippen LogP contribution >= 0.6 is 11.3 Å². The Bertz CT molecular complexity index is 878. The van der Waals surface area contributed by atoms with E-state index in [1.165, 1.54) is 4.88 Å². The number of ether oxygens (including phenoxy) is 1. The molecular weight excluding hydrogens is 342 g/mol. The van der Waals surface area contributed by atoms with Crippen LogP contribution in [0.15, 0.2) is 22.7 Å². The van der Waals surface area contributed by atoms with E-state index in [1.807, 2.05) is 19.1 Å². The van der Waals surface area contributed by atoms with Crippen molar-refractivity contribution >= 4 is 17.2 Å². The number of hydrogen-bond acceptors (Lipinski definition) is 7. The molecule has 0 radical (unpaired) electrons. The number of aromatic amines is 1. The largest absolute Gasteiger partial charge is 0.368 e. The lowest BCUT2D eigenvalue weighted by atomic mass is 10.2. The van der Waals surface area contributed by atoms with Gasteiger partial charge in [-0.1, -0.05) is 5.16 Å². The first-order valence-corrected chi connectivity index (χ1v) is 8.85. The number of aromatic nitrogens is 4. The first kappa shape index (κ1) is 16.0. The molecule has 130 valence electrons. The maximum Gasteiger partial charge on any atom is 0.272 e. The fourth-order valence-corrected chi connectivity index (χ4v) is 3.47. The smallest absolute Gasteiger partial charge is 0.272 e. The molecule has 1 aliphatic rings. The molecule has 1 saturated heterocycles. The number of carbonyl (C=O) groups is 1. The molecule has 2 N–H and O–H groups in total. The van der Waals surface area contributed by atoms with Gasteiger partial charge in [0, 0.05) is 11.5 Å². The monoisotopic (exact) mass is 359 g/mol. The molecule has 4 rings (SSSR count). The lowest BCUT2D eigenvalue weighted by molar-refractivity contribution is 0.0835. The second kappa shape index (κ2) is 6.77. The summed E-state index contributed by atoms with van der Waals surface area (Å²) in [5.41, 5.74) is 1.15. The molecule has 1 fully saturated rings. The Balaban J connectivity index is 1.37. The van der Waals surface area contributed by atoms with E-state index in [0.29, 0.717) is 24.0 Å². The Labute approximate surface area is 147 Å². The van der Waals surface area contributed by atoms with E-state index in [0.717, 1.165) is 23.4 Å². The molecule has 0 spiro atoms. The minimum absolute atomic E-state index is 0.125. The molecule has 1 aliphatic heterocycles. The van der Waals surface area contributed by atoms with Crippen LogP contribution in [0.3, 0.4) is 0 Å². The van der Waals surface area contributed by atoms with Crippen molar-refractivity contribution in [2.24, 2.45) is 0 Å². The van der Waals surface area contributed by atoms with Gasteiger partial charge in [-0.25, -0.2) is 0 Å². The van der Waals surface area contributed by atoms with E-state index < -0.39 is 0 Å². The molecule has 0 saturated carbocycles. The summed E-state index contributed by atoms with van der Waals surface area (Å²) in [5.74, 6) is 0.597. The number of H-pyrrole nitrogens is 1. The molecule has 1 atom stereocenters. The summed E-state index contributed by atoms with van der Waals surface area (Å²) in [7, 11) is 0. The molecule has 3 aromatic heterocycles. The van der Waals surface area contributed by atoms with Crippen molar-refractivity contribution in [3.8, 4) is 10.6 Å². The van der Waals surface area contributed by atoms with Crippen molar-refractivity contribution in [3.05, 3.63) is 40.5 Å². The van der Waals surface area contributed by atoms with Gasteiger partial charge in [-0.15, -0.1) is 11.3 Å². The van der Waals surface area contributed by atoms with Crippen molar-refractivity contribution in [2.75, 3.05) is 6.61 Å². The third-order valence-corrected chi connectivity index (χ3v) is 4.95. The zero-order chi connectivity index (χ0) is 17.2. The van der Waals surface area contributed by atoms with E-state index in [-0.39, 0.29) is 18.6 Å². The van der Waals surface area contributed by atoms with Crippen LogP contribution in [0.4, 0.5) is 0 Å². The van der Waals surface area contributed by atoms with E-state index in [4.69, 9.17) is 9.26 Å². The topological polar surface area (TPSA) is 106 Å². The van der Waals surface area contributed by atoms with Crippen molar-refractivity contribution in [1.29, 1.82) is 0 Å². The SMILES string of the molecule is Cc1ccc(-c2cc(C(=O)NCc3noc([C@@H]4CCCO4)n3)n[nH]2)s1. The highest BCUT2D eigenvalue weighted by Crippen LogP contribution is 2.27. The maximum atomic E-state index is 12.2. The highest BCUT2D eigenvalue weighted by molar-refractivity contribution is 7.15. The third kappa shape index (κ3) is 3.47. The summed E-state index contributed by atoms with van der Waals surface area (Å²) in [5, 5.41) is 13.6. The minimum Gasteiger partial charge on any atom is -0.368 e. The molecule has 0 bridgehead atoms. The Morgan fingerprint density at radius 3 is 3.16 bits per heavy atom. The lowest BCUT2D eigenvalue weighted by Gasteiger charge is -2.00. The van der Waals surface area contributed by atoms with Crippen LogP contribution < -0.4 is 5.32 Å². The van der Waals surface area contributed by atoms with Gasteiger partial charge in [-0.3, -0.25) is 9.89 Å². The maximum absolute atomic E-state index is 12.2. The van der Waals surface area contributed by atoms with Gasteiger partial charge in [0.15, 0.2) is 11.5 Å². The molecule has 0 aliphatic carbocycles. The molecule has 0 aromatic carbocycles. The number of amides is 1. The van der Waals surface area contributed by atoms with Crippen LogP contribution in [0.2, 0.25) is 0 Å². The zero-order valence-corrected chi connectivity index (χ0v) is 14.4. The van der Waals surface area contributed by atoms with E-state index in [2.05, 4.69) is 25.7 Å². The van der Waals surface area contributed by atoms with Gasteiger partial charge in [-0.05, 0) is 38.0 Å². The summed E-state index contributed by atoms with van der Waals surface area (Å²) >= 11 is 1.64. The van der Waals surface area contributed by atoms with Crippen LogP contribution in [-0.4, -0.2) is 32.9 Å². The predicted octanol–water partition coefficient (Wildman–Crippen LogP) is 2.61. The fraction of sp³-hybridized carbons (Fsp3) is 0.375. The molecule has 9 heteroatoms. The normalized spacial score (nSPS) is 17.1. The first-order chi connectivity index (χ1) is 12.2. The Morgan fingerprint density at radius 2 is 2.40 bits per heavy atom. The molecule has 4 heterocycles. The molecule has 25 heavy (non-hydrogen) atoms. The highest BCUT2D eigenvalue weighted by Gasteiger charge is 2.24. The Hall–Kier alpha value is -2.52. The number of nitrogens with zero attached hydrogens (tertiary/aromatic N) is 3. The zero-order valence-electron chi connectivity index (χ0n) is 13.6. The molecule has 8 nitrogen and oxygen atoms in total. The molecule has 1 amide bonds. The summed E-state index contributed by atoms with van der Waals surface area (Å²) in [4.78, 5) is 18.7. The van der Waals surface area contributed by atoms with E-state index in [1.54, 1.807) is 17.4 Å². The van der Waals surface area contributed by atoms with Crippen LogP contribution in [-0.2, 0) is 11.3 Å². The van der Waals surface area contributed by atoms with Crippen LogP contribution in [0, 0.1) is 6.92 Å². The molecule has 3 aromatic rings. The summed E-state index contributed by atoms with van der Waals surface area (Å²) < 4.78 is 10.7. The first-order valence-electron chi connectivity index (χ1n) is 8.03. The standard InChI is InChI=1S/C16H17N5O3S/c1-9-4-5-13(25-9)10-7-11(20-19-10)15(22)17-8-14-18-16(24-21-14)12-3-2-6-23-12/h4-5,7,12H,2-3,6,8H2,1H3,(H,17,22)(H,19,20)/t12-/m0/s1. The van der Waals surface area contributed by atoms with Gasteiger partial charge < -0.3 is 14.6 Å². The van der Waals surface area contributed by atoms with Crippen LogP contribution in [0.25, 0.3) is 10.6 Å². The predicted molar refractivity (Wildman–Crippen MR) is 90.0 cm³/mol. The summed E-state index contributed by atoms with van der Waals surface area (Å²) in [6.07, 6.45) is 1.75.